The number of amides is 2. The topological polar surface area (TPSA) is 86.8 Å². The van der Waals surface area contributed by atoms with Crippen molar-refractivity contribution >= 4 is 39.3 Å². The number of benzene rings is 4. The molecule has 4 aromatic carbocycles. The van der Waals surface area contributed by atoms with Crippen molar-refractivity contribution in [2.24, 2.45) is 0 Å². The number of carbonyl (C=O) groups excluding carboxylic acids is 2. The van der Waals surface area contributed by atoms with Gasteiger partial charge in [-0.05, 0) is 74.6 Å². The summed E-state index contributed by atoms with van der Waals surface area (Å²) in [6.45, 7) is 5.77. The van der Waals surface area contributed by atoms with Crippen LogP contribution in [0.5, 0.6) is 0 Å². The van der Waals surface area contributed by atoms with Crippen LogP contribution in [-0.2, 0) is 32.6 Å². The number of carbonyl (C=O) groups is 2. The molecule has 0 aliphatic rings. The van der Waals surface area contributed by atoms with Crippen molar-refractivity contribution in [2.75, 3.05) is 23.7 Å². The third-order valence-corrected chi connectivity index (χ3v) is 9.84. The maximum Gasteiger partial charge on any atom is 0.264 e. The lowest BCUT2D eigenvalue weighted by Crippen LogP contribution is -2.53. The van der Waals surface area contributed by atoms with Crippen LogP contribution in [-0.4, -0.2) is 50.5 Å². The monoisotopic (exact) mass is 629 g/mol. The van der Waals surface area contributed by atoms with Crippen LogP contribution in [0.25, 0.3) is 0 Å². The Hall–Kier alpha value is -4.08. The smallest absolute Gasteiger partial charge is 0.264 e. The van der Waals surface area contributed by atoms with Gasteiger partial charge in [-0.15, -0.1) is 11.8 Å². The summed E-state index contributed by atoms with van der Waals surface area (Å²) in [5.74, 6) is -0.779. The van der Waals surface area contributed by atoms with Crippen molar-refractivity contribution in [1.29, 1.82) is 0 Å². The normalized spacial score (nSPS) is 11.9. The SMILES string of the molecule is CCNC(=O)[C@@H](Cc1ccccc1)N(Cc1cccc(C)c1)C(=O)CN(c1ccc(C)cc1)S(=O)(=O)c1ccc(SC)cc1. The van der Waals surface area contributed by atoms with Gasteiger partial charge in [0.05, 0.1) is 10.6 Å². The van der Waals surface area contributed by atoms with E-state index in [1.807, 2.05) is 93.8 Å². The molecular formula is C35H39N3O4S2. The van der Waals surface area contributed by atoms with E-state index in [9.17, 15) is 18.0 Å². The molecule has 0 spiro atoms. The van der Waals surface area contributed by atoms with E-state index in [0.29, 0.717) is 12.2 Å². The van der Waals surface area contributed by atoms with Crippen LogP contribution in [0.1, 0.15) is 29.2 Å². The molecule has 0 heterocycles. The molecule has 0 aliphatic carbocycles. The van der Waals surface area contributed by atoms with E-state index in [4.69, 9.17) is 0 Å². The third-order valence-electron chi connectivity index (χ3n) is 7.31. The van der Waals surface area contributed by atoms with Gasteiger partial charge in [0.25, 0.3) is 10.0 Å². The predicted octanol–water partition coefficient (Wildman–Crippen LogP) is 6.00. The molecule has 0 fully saturated rings. The van der Waals surface area contributed by atoms with E-state index < -0.39 is 28.5 Å². The zero-order valence-electron chi connectivity index (χ0n) is 25.6. The molecule has 1 N–H and O–H groups in total. The molecule has 2 amide bonds. The summed E-state index contributed by atoms with van der Waals surface area (Å²) >= 11 is 1.51. The van der Waals surface area contributed by atoms with Gasteiger partial charge >= 0.3 is 0 Å². The van der Waals surface area contributed by atoms with Crippen molar-refractivity contribution in [3.63, 3.8) is 0 Å². The minimum Gasteiger partial charge on any atom is -0.355 e. The van der Waals surface area contributed by atoms with Crippen LogP contribution in [0.3, 0.4) is 0 Å². The number of hydrogen-bond donors (Lipinski definition) is 1. The average molecular weight is 630 g/mol. The summed E-state index contributed by atoms with van der Waals surface area (Å²) in [6, 6.07) is 30.1. The average Bonchev–Trinajstić information content (AvgIpc) is 3.02. The van der Waals surface area contributed by atoms with Crippen molar-refractivity contribution < 1.29 is 18.0 Å². The second-order valence-corrected chi connectivity index (χ2v) is 13.4. The summed E-state index contributed by atoms with van der Waals surface area (Å²) < 4.78 is 29.4. The maximum absolute atomic E-state index is 14.4. The Labute approximate surface area is 265 Å². The molecule has 1 atom stereocenters. The summed E-state index contributed by atoms with van der Waals surface area (Å²) in [5, 5.41) is 2.89. The zero-order valence-corrected chi connectivity index (χ0v) is 27.2. The standard InChI is InChI=1S/C35H39N3O4S2/c1-5-36-35(40)33(23-28-11-7-6-8-12-28)37(24-29-13-9-10-27(3)22-29)34(39)25-38(30-16-14-26(2)15-17-30)44(41,42)32-20-18-31(43-4)19-21-32/h6-22,33H,5,23-25H2,1-4H3,(H,36,40)/t33-/m1/s1. The first-order valence-corrected chi connectivity index (χ1v) is 17.2. The predicted molar refractivity (Wildman–Crippen MR) is 178 cm³/mol. The highest BCUT2D eigenvalue weighted by molar-refractivity contribution is 7.98. The molecule has 0 aliphatic heterocycles. The lowest BCUT2D eigenvalue weighted by molar-refractivity contribution is -0.140. The molecule has 0 radical (unpaired) electrons. The molecule has 0 bridgehead atoms. The molecule has 0 saturated heterocycles. The quantitative estimate of drug-likeness (QED) is 0.184. The number of aryl methyl sites for hydroxylation is 2. The number of sulfonamides is 1. The first-order valence-electron chi connectivity index (χ1n) is 14.5. The van der Waals surface area contributed by atoms with Gasteiger partial charge < -0.3 is 10.2 Å². The fourth-order valence-corrected chi connectivity index (χ4v) is 6.79. The Morgan fingerprint density at radius 2 is 1.48 bits per heavy atom. The highest BCUT2D eigenvalue weighted by Gasteiger charge is 2.34. The highest BCUT2D eigenvalue weighted by atomic mass is 32.2. The van der Waals surface area contributed by atoms with E-state index in [1.54, 1.807) is 36.4 Å². The second-order valence-electron chi connectivity index (χ2n) is 10.6. The summed E-state index contributed by atoms with van der Waals surface area (Å²) in [5.41, 5.74) is 4.08. The zero-order chi connectivity index (χ0) is 31.7. The number of anilines is 1. The third kappa shape index (κ3) is 8.30. The minimum absolute atomic E-state index is 0.0819. The Morgan fingerprint density at radius 3 is 2.09 bits per heavy atom. The van der Waals surface area contributed by atoms with E-state index in [-0.39, 0.29) is 23.8 Å². The molecule has 4 rings (SSSR count). The molecule has 0 saturated carbocycles. The van der Waals surface area contributed by atoms with Crippen LogP contribution in [0, 0.1) is 13.8 Å². The Kier molecular flexibility index (Phi) is 11.3. The number of thioether (sulfide) groups is 1. The molecule has 44 heavy (non-hydrogen) atoms. The van der Waals surface area contributed by atoms with Gasteiger partial charge in [-0.1, -0.05) is 77.9 Å². The van der Waals surface area contributed by atoms with E-state index in [1.165, 1.54) is 16.7 Å². The lowest BCUT2D eigenvalue weighted by atomic mass is 10.0. The molecule has 4 aromatic rings. The van der Waals surface area contributed by atoms with Crippen molar-refractivity contribution in [1.82, 2.24) is 10.2 Å². The van der Waals surface area contributed by atoms with Gasteiger partial charge in [-0.2, -0.15) is 0 Å². The lowest BCUT2D eigenvalue weighted by Gasteiger charge is -2.34. The van der Waals surface area contributed by atoms with Gasteiger partial charge in [0.15, 0.2) is 0 Å². The first-order chi connectivity index (χ1) is 21.1. The fourth-order valence-electron chi connectivity index (χ4n) is 4.97. The van der Waals surface area contributed by atoms with Crippen LogP contribution >= 0.6 is 11.8 Å². The van der Waals surface area contributed by atoms with Crippen LogP contribution in [0.4, 0.5) is 5.69 Å². The molecular weight excluding hydrogens is 591 g/mol. The fraction of sp³-hybridized carbons (Fsp3) is 0.257. The summed E-state index contributed by atoms with van der Waals surface area (Å²) in [7, 11) is -4.14. The number of nitrogens with zero attached hydrogens (tertiary/aromatic N) is 2. The van der Waals surface area contributed by atoms with E-state index >= 15 is 0 Å². The van der Waals surface area contributed by atoms with Gasteiger partial charge in [0, 0.05) is 24.4 Å². The number of rotatable bonds is 13. The highest BCUT2D eigenvalue weighted by Crippen LogP contribution is 2.27. The van der Waals surface area contributed by atoms with Crippen LogP contribution in [0.2, 0.25) is 0 Å². The van der Waals surface area contributed by atoms with Gasteiger partial charge in [-0.25, -0.2) is 8.42 Å². The number of likely N-dealkylation sites (N-methyl/N-ethyl adjacent to an activating group) is 1. The Morgan fingerprint density at radius 1 is 0.818 bits per heavy atom. The summed E-state index contributed by atoms with van der Waals surface area (Å²) in [6.07, 6.45) is 2.20. The van der Waals surface area contributed by atoms with Crippen molar-refractivity contribution in [3.8, 4) is 0 Å². The maximum atomic E-state index is 14.4. The molecule has 0 unspecified atom stereocenters. The second kappa shape index (κ2) is 15.1. The van der Waals surface area contributed by atoms with E-state index in [0.717, 1.165) is 31.5 Å². The largest absolute Gasteiger partial charge is 0.355 e. The van der Waals surface area contributed by atoms with Crippen molar-refractivity contribution in [2.45, 2.75) is 49.6 Å². The Bertz CT molecular complexity index is 1660. The molecule has 9 heteroatoms. The first kappa shape index (κ1) is 32.8. The molecule has 0 aromatic heterocycles. The van der Waals surface area contributed by atoms with E-state index in [2.05, 4.69) is 5.32 Å². The Balaban J connectivity index is 1.79. The molecule has 230 valence electrons. The van der Waals surface area contributed by atoms with Crippen LogP contribution in [0.15, 0.2) is 113 Å². The number of hydrogen-bond acceptors (Lipinski definition) is 5. The molecule has 7 nitrogen and oxygen atoms in total. The van der Waals surface area contributed by atoms with Crippen LogP contribution < -0.4 is 9.62 Å². The van der Waals surface area contributed by atoms with Gasteiger partial charge in [0.1, 0.15) is 12.6 Å². The van der Waals surface area contributed by atoms with Gasteiger partial charge in [-0.3, -0.25) is 13.9 Å². The summed E-state index contributed by atoms with van der Waals surface area (Å²) in [4.78, 5) is 30.5. The number of nitrogens with one attached hydrogen (secondary N) is 1. The van der Waals surface area contributed by atoms with Gasteiger partial charge in [0.2, 0.25) is 11.8 Å². The van der Waals surface area contributed by atoms with Crippen molar-refractivity contribution in [3.05, 3.63) is 125 Å². The minimum atomic E-state index is -4.14.